The van der Waals surface area contributed by atoms with E-state index in [0.717, 1.165) is 11.8 Å². The van der Waals surface area contributed by atoms with Crippen LogP contribution in [0.5, 0.6) is 0 Å². The Bertz CT molecular complexity index is 592. The number of rotatable bonds is 5. The molecule has 0 fully saturated rings. The molecule has 0 aliphatic rings. The van der Waals surface area contributed by atoms with Crippen LogP contribution in [0.25, 0.3) is 0 Å². The number of hydrogen-bond donors (Lipinski definition) is 3. The number of nitrogens with one attached hydrogen (secondary N) is 2. The molecule has 1 unspecified atom stereocenters. The Morgan fingerprint density at radius 2 is 1.81 bits per heavy atom. The number of carbonyl (C=O) groups excluding carboxylic acids is 1. The Morgan fingerprint density at radius 1 is 1.29 bits per heavy atom. The molecule has 118 valence electrons. The summed E-state index contributed by atoms with van der Waals surface area (Å²) in [5.41, 5.74) is 1.31. The highest BCUT2D eigenvalue weighted by atomic mass is 32.2. The molecule has 0 saturated carbocycles. The molecule has 2 amide bonds. The van der Waals surface area contributed by atoms with E-state index in [4.69, 9.17) is 0 Å². The van der Waals surface area contributed by atoms with Gasteiger partial charge in [0.25, 0.3) is 0 Å². The van der Waals surface area contributed by atoms with Crippen molar-refractivity contribution in [2.24, 2.45) is 0 Å². The second-order valence-electron chi connectivity index (χ2n) is 5.64. The molecule has 0 aromatic heterocycles. The van der Waals surface area contributed by atoms with Crippen molar-refractivity contribution in [2.75, 3.05) is 18.1 Å². The largest absolute Gasteiger partial charge is 0.389 e. The Hall–Kier alpha value is -1.60. The maximum atomic E-state index is 11.7. The first kappa shape index (κ1) is 17.5. The van der Waals surface area contributed by atoms with Crippen molar-refractivity contribution in [1.82, 2.24) is 5.32 Å². The van der Waals surface area contributed by atoms with Crippen LogP contribution < -0.4 is 10.6 Å². The Labute approximate surface area is 125 Å². The van der Waals surface area contributed by atoms with Crippen molar-refractivity contribution in [2.45, 2.75) is 31.6 Å². The third-order valence-corrected chi connectivity index (χ3v) is 5.48. The van der Waals surface area contributed by atoms with Gasteiger partial charge in [-0.3, -0.25) is 0 Å². The van der Waals surface area contributed by atoms with E-state index in [1.165, 1.54) is 0 Å². The zero-order valence-electron chi connectivity index (χ0n) is 12.7. The van der Waals surface area contributed by atoms with Gasteiger partial charge in [0.1, 0.15) is 0 Å². The molecule has 0 heterocycles. The Morgan fingerprint density at radius 3 is 2.24 bits per heavy atom. The van der Waals surface area contributed by atoms with E-state index in [9.17, 15) is 18.3 Å². The lowest BCUT2D eigenvalue weighted by atomic mass is 10.1. The predicted molar refractivity (Wildman–Crippen MR) is 83.0 cm³/mol. The number of carbonyl (C=O) groups is 1. The number of benzene rings is 1. The zero-order valence-corrected chi connectivity index (χ0v) is 13.5. The third kappa shape index (κ3) is 5.02. The first-order valence-electron chi connectivity index (χ1n) is 6.55. The van der Waals surface area contributed by atoms with E-state index >= 15 is 0 Å². The fourth-order valence-corrected chi connectivity index (χ4v) is 1.78. The minimum absolute atomic E-state index is 0.0173. The van der Waals surface area contributed by atoms with Gasteiger partial charge in [0.2, 0.25) is 0 Å². The average molecular weight is 314 g/mol. The van der Waals surface area contributed by atoms with Gasteiger partial charge in [0.15, 0.2) is 9.84 Å². The SMILES string of the molecule is CC(O)c1ccc(NC(=O)NCC(C)(C)S(C)(=O)=O)cc1. The monoisotopic (exact) mass is 314 g/mol. The number of aliphatic hydroxyl groups is 1. The van der Waals surface area contributed by atoms with Gasteiger partial charge in [0, 0.05) is 18.5 Å². The van der Waals surface area contributed by atoms with Crippen LogP contribution in [-0.4, -0.2) is 37.1 Å². The number of aliphatic hydroxyl groups excluding tert-OH is 1. The molecule has 0 spiro atoms. The summed E-state index contributed by atoms with van der Waals surface area (Å²) in [4.78, 5) is 11.7. The van der Waals surface area contributed by atoms with Crippen LogP contribution in [0.3, 0.4) is 0 Å². The molecule has 7 heteroatoms. The van der Waals surface area contributed by atoms with E-state index in [-0.39, 0.29) is 6.54 Å². The van der Waals surface area contributed by atoms with Gasteiger partial charge in [-0.15, -0.1) is 0 Å². The second-order valence-corrected chi connectivity index (χ2v) is 8.29. The molecule has 3 N–H and O–H groups in total. The number of amides is 2. The molecular formula is C14H22N2O4S. The Balaban J connectivity index is 2.59. The molecule has 1 rings (SSSR count). The maximum absolute atomic E-state index is 11.7. The fourth-order valence-electron chi connectivity index (χ4n) is 1.44. The van der Waals surface area contributed by atoms with Crippen LogP contribution in [-0.2, 0) is 9.84 Å². The molecule has 0 aliphatic carbocycles. The van der Waals surface area contributed by atoms with Crippen molar-refractivity contribution in [3.05, 3.63) is 29.8 Å². The van der Waals surface area contributed by atoms with Gasteiger partial charge in [-0.1, -0.05) is 12.1 Å². The fraction of sp³-hybridized carbons (Fsp3) is 0.500. The van der Waals surface area contributed by atoms with Crippen LogP contribution in [0.1, 0.15) is 32.4 Å². The highest BCUT2D eigenvalue weighted by Crippen LogP contribution is 2.16. The lowest BCUT2D eigenvalue weighted by Gasteiger charge is -2.22. The summed E-state index contributed by atoms with van der Waals surface area (Å²) in [6.07, 6.45) is 0.574. The quantitative estimate of drug-likeness (QED) is 0.770. The summed E-state index contributed by atoms with van der Waals surface area (Å²) in [5, 5.41) is 14.5. The highest BCUT2D eigenvalue weighted by molar-refractivity contribution is 7.92. The standard InChI is InChI=1S/C14H22N2O4S/c1-10(17)11-5-7-12(8-6-11)16-13(18)15-9-14(2,3)21(4,19)20/h5-8,10,17H,9H2,1-4H3,(H2,15,16,18). The topological polar surface area (TPSA) is 95.5 Å². The van der Waals surface area contributed by atoms with Crippen LogP contribution in [0.2, 0.25) is 0 Å². The summed E-state index contributed by atoms with van der Waals surface area (Å²) < 4.78 is 22.0. The van der Waals surface area contributed by atoms with Crippen molar-refractivity contribution < 1.29 is 18.3 Å². The third-order valence-electron chi connectivity index (χ3n) is 3.33. The summed E-state index contributed by atoms with van der Waals surface area (Å²) in [5.74, 6) is 0. The van der Waals surface area contributed by atoms with Crippen LogP contribution >= 0.6 is 0 Å². The lowest BCUT2D eigenvalue weighted by Crippen LogP contribution is -2.45. The highest BCUT2D eigenvalue weighted by Gasteiger charge is 2.30. The first-order valence-corrected chi connectivity index (χ1v) is 8.44. The number of anilines is 1. The molecular weight excluding hydrogens is 292 g/mol. The van der Waals surface area contributed by atoms with Gasteiger partial charge >= 0.3 is 6.03 Å². The van der Waals surface area contributed by atoms with Crippen molar-refractivity contribution in [3.63, 3.8) is 0 Å². The van der Waals surface area contributed by atoms with E-state index in [1.807, 2.05) is 0 Å². The van der Waals surface area contributed by atoms with Gasteiger partial charge in [-0.2, -0.15) is 0 Å². The van der Waals surface area contributed by atoms with Crippen molar-refractivity contribution in [1.29, 1.82) is 0 Å². The van der Waals surface area contributed by atoms with Gasteiger partial charge in [0.05, 0.1) is 10.9 Å². The smallest absolute Gasteiger partial charge is 0.319 e. The summed E-state index contributed by atoms with van der Waals surface area (Å²) in [7, 11) is -3.26. The number of hydrogen-bond acceptors (Lipinski definition) is 4. The van der Waals surface area contributed by atoms with E-state index in [1.54, 1.807) is 45.0 Å². The number of sulfone groups is 1. The van der Waals surface area contributed by atoms with Crippen molar-refractivity contribution in [3.8, 4) is 0 Å². The van der Waals surface area contributed by atoms with E-state index < -0.39 is 26.7 Å². The number of urea groups is 1. The zero-order chi connectivity index (χ0) is 16.3. The molecule has 21 heavy (non-hydrogen) atoms. The molecule has 0 radical (unpaired) electrons. The van der Waals surface area contributed by atoms with Crippen LogP contribution in [0, 0.1) is 0 Å². The molecule has 0 saturated heterocycles. The summed E-state index contributed by atoms with van der Waals surface area (Å²) in [6, 6.07) is 6.28. The first-order chi connectivity index (χ1) is 9.53. The van der Waals surface area contributed by atoms with Gasteiger partial charge < -0.3 is 15.7 Å². The molecule has 1 aromatic carbocycles. The summed E-state index contributed by atoms with van der Waals surface area (Å²) in [6.45, 7) is 4.78. The van der Waals surface area contributed by atoms with Crippen LogP contribution in [0.15, 0.2) is 24.3 Å². The van der Waals surface area contributed by atoms with E-state index in [0.29, 0.717) is 5.69 Å². The van der Waals surface area contributed by atoms with E-state index in [2.05, 4.69) is 10.6 Å². The normalized spacial score (nSPS) is 13.6. The molecule has 0 bridgehead atoms. The predicted octanol–water partition coefficient (Wildman–Crippen LogP) is 1.68. The van der Waals surface area contributed by atoms with Crippen LogP contribution in [0.4, 0.5) is 10.5 Å². The Kier molecular flexibility index (Phi) is 5.36. The lowest BCUT2D eigenvalue weighted by molar-refractivity contribution is 0.199. The second kappa shape index (κ2) is 6.44. The van der Waals surface area contributed by atoms with Gasteiger partial charge in [-0.05, 0) is 38.5 Å². The molecule has 1 atom stereocenters. The molecule has 0 aliphatic heterocycles. The minimum Gasteiger partial charge on any atom is -0.389 e. The minimum atomic E-state index is -3.26. The molecule has 6 nitrogen and oxygen atoms in total. The summed E-state index contributed by atoms with van der Waals surface area (Å²) >= 11 is 0. The average Bonchev–Trinajstić information content (AvgIpc) is 2.36. The molecule has 1 aromatic rings. The van der Waals surface area contributed by atoms with Gasteiger partial charge in [-0.25, -0.2) is 13.2 Å². The maximum Gasteiger partial charge on any atom is 0.319 e. The van der Waals surface area contributed by atoms with Crippen molar-refractivity contribution >= 4 is 21.6 Å².